The highest BCUT2D eigenvalue weighted by molar-refractivity contribution is 6.21. The van der Waals surface area contributed by atoms with Crippen LogP contribution in [0.4, 0.5) is 0 Å². The fourth-order valence-electron chi connectivity index (χ4n) is 4.17. The number of hydrogen-bond acceptors (Lipinski definition) is 7. The van der Waals surface area contributed by atoms with Gasteiger partial charge in [0.05, 0.1) is 33.1 Å². The lowest BCUT2D eigenvalue weighted by Gasteiger charge is -2.09. The molecule has 0 saturated carbocycles. The van der Waals surface area contributed by atoms with Gasteiger partial charge in [0.25, 0.3) is 0 Å². The fraction of sp³-hybridized carbons (Fsp3) is 0. The molecule has 0 bridgehead atoms. The molecule has 0 amide bonds. The number of pyridine rings is 2. The van der Waals surface area contributed by atoms with Crippen molar-refractivity contribution in [3.63, 3.8) is 0 Å². The van der Waals surface area contributed by atoms with Crippen molar-refractivity contribution in [2.45, 2.75) is 0 Å². The van der Waals surface area contributed by atoms with E-state index in [1.165, 1.54) is 0 Å². The van der Waals surface area contributed by atoms with E-state index in [-0.39, 0.29) is 0 Å². The molecule has 0 aliphatic carbocycles. The van der Waals surface area contributed by atoms with Gasteiger partial charge in [0.2, 0.25) is 11.8 Å². The first-order valence-electron chi connectivity index (χ1n) is 10.5. The van der Waals surface area contributed by atoms with Crippen molar-refractivity contribution in [3.8, 4) is 22.9 Å². The Balaban J connectivity index is 1.46. The molecule has 0 aliphatic heterocycles. The monoisotopic (exact) mass is 426 g/mol. The van der Waals surface area contributed by atoms with Gasteiger partial charge in [0.1, 0.15) is 0 Å². The molecule has 0 atom stereocenters. The maximum absolute atomic E-state index is 5.93. The third kappa shape index (κ3) is 2.76. The molecule has 7 rings (SSSR count). The van der Waals surface area contributed by atoms with E-state index in [4.69, 9.17) is 14.4 Å². The van der Waals surface area contributed by atoms with Gasteiger partial charge in [-0.3, -0.25) is 9.97 Å². The minimum absolute atomic E-state index is 0.437. The fourth-order valence-corrected chi connectivity index (χ4v) is 4.17. The molecule has 0 spiro atoms. The average Bonchev–Trinajstić information content (AvgIpc) is 3.39. The van der Waals surface area contributed by atoms with E-state index in [2.05, 4.69) is 20.2 Å². The summed E-state index contributed by atoms with van der Waals surface area (Å²) in [5, 5.41) is 10.3. The summed E-state index contributed by atoms with van der Waals surface area (Å²) in [6.45, 7) is 0. The molecule has 3 aromatic carbocycles. The smallest absolute Gasteiger partial charge is 0.248 e. The quantitative estimate of drug-likeness (QED) is 0.263. The lowest BCUT2D eigenvalue weighted by atomic mass is 10.1. The molecule has 0 N–H and O–H groups in total. The Morgan fingerprint density at radius 2 is 1.15 bits per heavy atom. The van der Waals surface area contributed by atoms with Gasteiger partial charge >= 0.3 is 0 Å². The largest absolute Gasteiger partial charge is 0.416 e. The Bertz CT molecular complexity index is 1830. The number of rotatable bonds is 2. The van der Waals surface area contributed by atoms with Crippen LogP contribution in [0, 0.1) is 0 Å². The summed E-state index contributed by atoms with van der Waals surface area (Å²) in [7, 11) is 0. The highest BCUT2D eigenvalue weighted by Gasteiger charge is 2.15. The van der Waals surface area contributed by atoms with E-state index in [0.29, 0.717) is 11.8 Å². The summed E-state index contributed by atoms with van der Waals surface area (Å²) in [6, 6.07) is 23.3. The van der Waals surface area contributed by atoms with Gasteiger partial charge in [-0.1, -0.05) is 18.2 Å². The maximum Gasteiger partial charge on any atom is 0.248 e. The summed E-state index contributed by atoms with van der Waals surface area (Å²) < 4.78 is 5.93. The van der Waals surface area contributed by atoms with E-state index < -0.39 is 0 Å². The zero-order valence-corrected chi connectivity index (χ0v) is 17.2. The average molecular weight is 426 g/mol. The van der Waals surface area contributed by atoms with Gasteiger partial charge in [0, 0.05) is 34.3 Å². The van der Waals surface area contributed by atoms with Crippen LogP contribution in [0.5, 0.6) is 0 Å². The molecular formula is C26H14N6O. The summed E-state index contributed by atoms with van der Waals surface area (Å²) >= 11 is 0. The van der Waals surface area contributed by atoms with Crippen molar-refractivity contribution in [1.29, 1.82) is 0 Å². The van der Waals surface area contributed by atoms with Gasteiger partial charge in [-0.15, -0.1) is 10.2 Å². The Morgan fingerprint density at radius 3 is 1.85 bits per heavy atom. The standard InChI is InChI=1S/C26H14N6O/c1-2-6-15(7-3-1)25-31-32-26(33-25)16-10-11-19-20(14-16)30-24-18-9-5-13-28-22(18)21-17(23(24)29-19)8-4-12-27-21/h1-14H. The predicted octanol–water partition coefficient (Wildman–Crippen LogP) is 5.60. The van der Waals surface area contributed by atoms with Crippen LogP contribution < -0.4 is 0 Å². The minimum Gasteiger partial charge on any atom is -0.416 e. The molecule has 4 heterocycles. The Hall–Kier alpha value is -4.78. The highest BCUT2D eigenvalue weighted by Crippen LogP contribution is 2.33. The third-order valence-corrected chi connectivity index (χ3v) is 5.71. The van der Waals surface area contributed by atoms with E-state index in [1.54, 1.807) is 12.4 Å². The maximum atomic E-state index is 5.93. The zero-order valence-electron chi connectivity index (χ0n) is 17.2. The molecular weight excluding hydrogens is 412 g/mol. The van der Waals surface area contributed by atoms with Gasteiger partial charge < -0.3 is 4.42 Å². The molecule has 33 heavy (non-hydrogen) atoms. The molecule has 0 aliphatic rings. The number of fused-ring (bicyclic) bond motifs is 7. The second-order valence-electron chi connectivity index (χ2n) is 7.70. The van der Waals surface area contributed by atoms with Crippen LogP contribution in [0.3, 0.4) is 0 Å². The van der Waals surface area contributed by atoms with E-state index in [0.717, 1.165) is 55.0 Å². The first kappa shape index (κ1) is 17.9. The summed E-state index contributed by atoms with van der Waals surface area (Å²) in [5.74, 6) is 0.915. The summed E-state index contributed by atoms with van der Waals surface area (Å²) in [4.78, 5) is 19.1. The molecule has 0 fully saturated rings. The molecule has 7 heteroatoms. The molecule has 4 aromatic heterocycles. The van der Waals surface area contributed by atoms with E-state index in [1.807, 2.05) is 72.8 Å². The molecule has 7 aromatic rings. The first-order valence-corrected chi connectivity index (χ1v) is 10.5. The van der Waals surface area contributed by atoms with E-state index in [9.17, 15) is 0 Å². The van der Waals surface area contributed by atoms with Gasteiger partial charge in [-0.2, -0.15) is 0 Å². The Labute approximate surface area is 186 Å². The molecule has 154 valence electrons. The van der Waals surface area contributed by atoms with Crippen molar-refractivity contribution in [2.75, 3.05) is 0 Å². The van der Waals surface area contributed by atoms with Crippen molar-refractivity contribution in [2.24, 2.45) is 0 Å². The number of benzene rings is 3. The second kappa shape index (κ2) is 6.86. The molecule has 0 saturated heterocycles. The number of aromatic nitrogens is 6. The van der Waals surface area contributed by atoms with Crippen molar-refractivity contribution < 1.29 is 4.42 Å². The lowest BCUT2D eigenvalue weighted by Crippen LogP contribution is -1.94. The predicted molar refractivity (Wildman–Crippen MR) is 126 cm³/mol. The van der Waals surface area contributed by atoms with Gasteiger partial charge in [0.15, 0.2) is 0 Å². The van der Waals surface area contributed by atoms with Crippen molar-refractivity contribution in [3.05, 3.63) is 85.2 Å². The van der Waals surface area contributed by atoms with E-state index >= 15 is 0 Å². The van der Waals surface area contributed by atoms with Crippen LogP contribution in [-0.2, 0) is 0 Å². The molecule has 0 unspecified atom stereocenters. The van der Waals surface area contributed by atoms with Crippen molar-refractivity contribution in [1.82, 2.24) is 30.1 Å². The zero-order chi connectivity index (χ0) is 21.8. The third-order valence-electron chi connectivity index (χ3n) is 5.71. The first-order chi connectivity index (χ1) is 16.3. The van der Waals surface area contributed by atoms with Crippen LogP contribution in [0.15, 0.2) is 89.6 Å². The normalized spacial score (nSPS) is 11.6. The SMILES string of the molecule is c1ccc(-c2nnc(-c3ccc4nc5c6cccnc6c6ncccc6c5nc4c3)o2)cc1. The Morgan fingerprint density at radius 1 is 0.515 bits per heavy atom. The summed E-state index contributed by atoms with van der Waals surface area (Å²) in [6.07, 6.45) is 3.55. The Kier molecular flexibility index (Phi) is 3.71. The van der Waals surface area contributed by atoms with Gasteiger partial charge in [-0.25, -0.2) is 9.97 Å². The topological polar surface area (TPSA) is 90.5 Å². The van der Waals surface area contributed by atoms with Crippen LogP contribution in [-0.4, -0.2) is 30.1 Å². The lowest BCUT2D eigenvalue weighted by molar-refractivity contribution is 0.584. The molecule has 7 nitrogen and oxygen atoms in total. The number of nitrogens with zero attached hydrogens (tertiary/aromatic N) is 6. The van der Waals surface area contributed by atoms with Crippen molar-refractivity contribution >= 4 is 43.9 Å². The minimum atomic E-state index is 0.437. The highest BCUT2D eigenvalue weighted by atomic mass is 16.4. The second-order valence-corrected chi connectivity index (χ2v) is 7.70. The van der Waals surface area contributed by atoms with Crippen LogP contribution in [0.1, 0.15) is 0 Å². The van der Waals surface area contributed by atoms with Crippen LogP contribution in [0.2, 0.25) is 0 Å². The molecule has 0 radical (unpaired) electrons. The number of hydrogen-bond donors (Lipinski definition) is 0. The van der Waals surface area contributed by atoms with Crippen LogP contribution >= 0.6 is 0 Å². The van der Waals surface area contributed by atoms with Gasteiger partial charge in [-0.05, 0) is 54.6 Å². The van der Waals surface area contributed by atoms with Crippen LogP contribution in [0.25, 0.3) is 66.8 Å². The summed E-state index contributed by atoms with van der Waals surface area (Å²) in [5.41, 5.74) is 6.43.